The second kappa shape index (κ2) is 5.66. The second-order valence-electron chi connectivity index (χ2n) is 5.01. The Morgan fingerprint density at radius 2 is 1.86 bits per heavy atom. The van der Waals surface area contributed by atoms with Crippen molar-refractivity contribution in [1.29, 1.82) is 0 Å². The van der Waals surface area contributed by atoms with Crippen molar-refractivity contribution in [2.24, 2.45) is 0 Å². The van der Waals surface area contributed by atoms with Crippen LogP contribution in [0.4, 0.5) is 0 Å². The smallest absolute Gasteiger partial charge is 0.161 e. The van der Waals surface area contributed by atoms with Crippen LogP contribution in [0.25, 0.3) is 0 Å². The van der Waals surface area contributed by atoms with Gasteiger partial charge in [-0.05, 0) is 23.8 Å². The third-order valence-corrected chi connectivity index (χ3v) is 3.87. The molecule has 2 aromatic rings. The molecule has 4 nitrogen and oxygen atoms in total. The number of aliphatic hydroxyl groups is 1. The van der Waals surface area contributed by atoms with Crippen molar-refractivity contribution in [2.45, 2.75) is 12.0 Å². The van der Waals surface area contributed by atoms with Crippen molar-refractivity contribution in [2.75, 3.05) is 20.8 Å². The molecule has 110 valence electrons. The molecule has 0 aromatic heterocycles. The first-order chi connectivity index (χ1) is 10.2. The van der Waals surface area contributed by atoms with Gasteiger partial charge in [0.05, 0.1) is 32.8 Å². The fourth-order valence-electron chi connectivity index (χ4n) is 2.72. The maximum absolute atomic E-state index is 10.7. The molecule has 0 amide bonds. The Balaban J connectivity index is 1.91. The Bertz CT molecular complexity index is 638. The number of benzene rings is 2. The number of rotatable bonds is 4. The van der Waals surface area contributed by atoms with Crippen molar-refractivity contribution >= 4 is 0 Å². The fourth-order valence-corrected chi connectivity index (χ4v) is 2.72. The van der Waals surface area contributed by atoms with E-state index in [0.717, 1.165) is 16.9 Å². The van der Waals surface area contributed by atoms with E-state index < -0.39 is 6.10 Å². The summed E-state index contributed by atoms with van der Waals surface area (Å²) in [5.41, 5.74) is 1.83. The van der Waals surface area contributed by atoms with Gasteiger partial charge in [0.2, 0.25) is 0 Å². The van der Waals surface area contributed by atoms with Gasteiger partial charge < -0.3 is 19.3 Å². The normalized spacial score (nSPS) is 17.8. The highest BCUT2D eigenvalue weighted by molar-refractivity contribution is 5.46. The number of hydrogen-bond donors (Lipinski definition) is 1. The molecular weight excluding hydrogens is 268 g/mol. The first-order valence-corrected chi connectivity index (χ1v) is 6.86. The van der Waals surface area contributed by atoms with Gasteiger partial charge in [0.1, 0.15) is 5.75 Å². The van der Waals surface area contributed by atoms with E-state index in [0.29, 0.717) is 18.1 Å². The zero-order valence-electron chi connectivity index (χ0n) is 12.1. The maximum atomic E-state index is 10.7. The first kappa shape index (κ1) is 13.8. The van der Waals surface area contributed by atoms with E-state index in [9.17, 15) is 5.11 Å². The molecule has 0 fully saturated rings. The minimum Gasteiger partial charge on any atom is -0.493 e. The number of methoxy groups -OCH3 is 2. The minimum atomic E-state index is -0.645. The molecule has 0 aliphatic carbocycles. The molecule has 2 aromatic carbocycles. The third-order valence-electron chi connectivity index (χ3n) is 3.87. The largest absolute Gasteiger partial charge is 0.493 e. The van der Waals surface area contributed by atoms with Crippen LogP contribution in [0.3, 0.4) is 0 Å². The van der Waals surface area contributed by atoms with Crippen molar-refractivity contribution in [3.63, 3.8) is 0 Å². The second-order valence-corrected chi connectivity index (χ2v) is 5.01. The molecule has 0 bridgehead atoms. The maximum Gasteiger partial charge on any atom is 0.161 e. The first-order valence-electron chi connectivity index (χ1n) is 6.86. The minimum absolute atomic E-state index is 0.0701. The van der Waals surface area contributed by atoms with Gasteiger partial charge >= 0.3 is 0 Å². The molecule has 3 rings (SSSR count). The average molecular weight is 286 g/mol. The monoisotopic (exact) mass is 286 g/mol. The predicted octanol–water partition coefficient (Wildman–Crippen LogP) is 2.91. The number of ether oxygens (including phenoxy) is 3. The number of fused-ring (bicyclic) bond motifs is 1. The highest BCUT2D eigenvalue weighted by Crippen LogP contribution is 2.42. The molecule has 1 heterocycles. The van der Waals surface area contributed by atoms with Gasteiger partial charge in [-0.15, -0.1) is 0 Å². The Hall–Kier alpha value is -2.20. The van der Waals surface area contributed by atoms with Crippen LogP contribution in [0.15, 0.2) is 42.5 Å². The van der Waals surface area contributed by atoms with E-state index in [2.05, 4.69) is 0 Å². The van der Waals surface area contributed by atoms with Crippen LogP contribution in [-0.4, -0.2) is 25.9 Å². The van der Waals surface area contributed by atoms with Crippen LogP contribution < -0.4 is 14.2 Å². The lowest BCUT2D eigenvalue weighted by Gasteiger charge is -2.19. The highest BCUT2D eigenvalue weighted by atomic mass is 16.5. The summed E-state index contributed by atoms with van der Waals surface area (Å²) in [4.78, 5) is 0. The van der Waals surface area contributed by atoms with Gasteiger partial charge in [-0.3, -0.25) is 0 Å². The molecule has 2 atom stereocenters. The molecule has 4 heteroatoms. The Kier molecular flexibility index (Phi) is 3.71. The molecule has 1 aliphatic rings. The van der Waals surface area contributed by atoms with Crippen LogP contribution >= 0.6 is 0 Å². The quantitative estimate of drug-likeness (QED) is 0.939. The highest BCUT2D eigenvalue weighted by Gasteiger charge is 2.31. The summed E-state index contributed by atoms with van der Waals surface area (Å²) in [5, 5.41) is 10.7. The van der Waals surface area contributed by atoms with E-state index in [4.69, 9.17) is 14.2 Å². The van der Waals surface area contributed by atoms with Crippen LogP contribution in [0.5, 0.6) is 17.2 Å². The van der Waals surface area contributed by atoms with Crippen molar-refractivity contribution in [3.8, 4) is 17.2 Å². The molecule has 1 N–H and O–H groups in total. The molecule has 21 heavy (non-hydrogen) atoms. The van der Waals surface area contributed by atoms with Crippen LogP contribution in [0.2, 0.25) is 0 Å². The van der Waals surface area contributed by atoms with Gasteiger partial charge in [-0.1, -0.05) is 24.3 Å². The molecule has 0 saturated carbocycles. The standard InChI is InChI=1S/C17H18O4/c1-19-15-8-7-11(9-16(15)20-2)17(18)13-10-21-14-6-4-3-5-12(13)14/h3-9,13,17-18H,10H2,1-2H3. The summed E-state index contributed by atoms with van der Waals surface area (Å²) in [7, 11) is 3.18. The van der Waals surface area contributed by atoms with E-state index >= 15 is 0 Å². The lowest BCUT2D eigenvalue weighted by Crippen LogP contribution is -2.12. The van der Waals surface area contributed by atoms with Crippen molar-refractivity contribution < 1.29 is 19.3 Å². The summed E-state index contributed by atoms with van der Waals surface area (Å²) in [6, 6.07) is 13.3. The number of para-hydroxylation sites is 1. The van der Waals surface area contributed by atoms with E-state index in [1.165, 1.54) is 0 Å². The van der Waals surface area contributed by atoms with E-state index in [-0.39, 0.29) is 5.92 Å². The van der Waals surface area contributed by atoms with Gasteiger partial charge in [0.15, 0.2) is 11.5 Å². The van der Waals surface area contributed by atoms with Gasteiger partial charge in [0, 0.05) is 5.56 Å². The lowest BCUT2D eigenvalue weighted by atomic mass is 9.91. The van der Waals surface area contributed by atoms with E-state index in [1.54, 1.807) is 20.3 Å². The zero-order valence-corrected chi connectivity index (χ0v) is 12.1. The molecule has 0 saturated heterocycles. The molecule has 1 aliphatic heterocycles. The Morgan fingerprint density at radius 3 is 2.62 bits per heavy atom. The molecule has 0 radical (unpaired) electrons. The fraction of sp³-hybridized carbons (Fsp3) is 0.294. The molecular formula is C17H18O4. The molecule has 2 unspecified atom stereocenters. The summed E-state index contributed by atoms with van der Waals surface area (Å²) in [6.07, 6.45) is -0.645. The SMILES string of the molecule is COc1ccc(C(O)C2COc3ccccc32)cc1OC. The van der Waals surface area contributed by atoms with Crippen LogP contribution in [0, 0.1) is 0 Å². The Labute approximate surface area is 123 Å². The van der Waals surface area contributed by atoms with E-state index in [1.807, 2.05) is 36.4 Å². The lowest BCUT2D eigenvalue weighted by molar-refractivity contribution is 0.130. The van der Waals surface area contributed by atoms with Crippen LogP contribution in [0.1, 0.15) is 23.1 Å². The number of aliphatic hydroxyl groups excluding tert-OH is 1. The van der Waals surface area contributed by atoms with Crippen LogP contribution in [-0.2, 0) is 0 Å². The average Bonchev–Trinajstić information content (AvgIpc) is 2.97. The molecule has 0 spiro atoms. The van der Waals surface area contributed by atoms with Crippen molar-refractivity contribution in [3.05, 3.63) is 53.6 Å². The van der Waals surface area contributed by atoms with Crippen molar-refractivity contribution in [1.82, 2.24) is 0 Å². The third kappa shape index (κ3) is 2.43. The van der Waals surface area contributed by atoms with Gasteiger partial charge in [0.25, 0.3) is 0 Å². The summed E-state index contributed by atoms with van der Waals surface area (Å²) in [5.74, 6) is 2.04. The van der Waals surface area contributed by atoms with Gasteiger partial charge in [-0.2, -0.15) is 0 Å². The summed E-state index contributed by atoms with van der Waals surface area (Å²) in [6.45, 7) is 0.481. The predicted molar refractivity (Wildman–Crippen MR) is 79.2 cm³/mol. The zero-order chi connectivity index (χ0) is 14.8. The van der Waals surface area contributed by atoms with Gasteiger partial charge in [-0.25, -0.2) is 0 Å². The number of hydrogen-bond acceptors (Lipinski definition) is 4. The topological polar surface area (TPSA) is 47.9 Å². The Morgan fingerprint density at radius 1 is 1.10 bits per heavy atom. The summed E-state index contributed by atoms with van der Waals surface area (Å²) >= 11 is 0. The summed E-state index contributed by atoms with van der Waals surface area (Å²) < 4.78 is 16.2.